The molecule has 1 rings (SSSR count). The number of hydrogen-bond donors (Lipinski definition) is 0. The van der Waals surface area contributed by atoms with E-state index in [1.807, 2.05) is 19.9 Å². The van der Waals surface area contributed by atoms with Gasteiger partial charge in [-0.05, 0) is 23.6 Å². The van der Waals surface area contributed by atoms with Crippen molar-refractivity contribution in [3.8, 4) is 6.07 Å². The van der Waals surface area contributed by atoms with Gasteiger partial charge in [0.25, 0.3) is 0 Å². The van der Waals surface area contributed by atoms with Crippen LogP contribution in [0.15, 0.2) is 17.0 Å². The lowest BCUT2D eigenvalue weighted by molar-refractivity contribution is 0.0600. The predicted octanol–water partition coefficient (Wildman–Crippen LogP) is 1.87. The highest BCUT2D eigenvalue weighted by Crippen LogP contribution is 2.27. The Hall–Kier alpha value is -1.87. The Balaban J connectivity index is 3.73. The molecule has 1 aromatic carbocycles. The maximum atomic E-state index is 11.8. The summed E-state index contributed by atoms with van der Waals surface area (Å²) in [5.41, 5.74) is 0.601. The molecule has 1 aromatic rings. The number of esters is 1. The molecule has 0 heterocycles. The number of carbonyl (C=O) groups is 1. The molecule has 0 spiro atoms. The van der Waals surface area contributed by atoms with Crippen molar-refractivity contribution in [1.29, 1.82) is 5.26 Å². The first kappa shape index (κ1) is 15.2. The number of rotatable bonds is 3. The second kappa shape index (κ2) is 5.41. The average molecular weight is 281 g/mol. The van der Waals surface area contributed by atoms with E-state index in [2.05, 4.69) is 4.74 Å². The van der Waals surface area contributed by atoms with E-state index in [1.54, 1.807) is 0 Å². The molecule has 0 aromatic heterocycles. The summed E-state index contributed by atoms with van der Waals surface area (Å²) in [6.45, 7) is 3.64. The molecular formula is C13H15NO4S. The second-order valence-electron chi connectivity index (χ2n) is 4.47. The van der Waals surface area contributed by atoms with Crippen molar-refractivity contribution < 1.29 is 17.9 Å². The first-order valence-corrected chi connectivity index (χ1v) is 7.48. The quantitative estimate of drug-likeness (QED) is 0.790. The number of nitriles is 1. The van der Waals surface area contributed by atoms with Gasteiger partial charge in [-0.3, -0.25) is 0 Å². The van der Waals surface area contributed by atoms with Gasteiger partial charge in [-0.2, -0.15) is 5.26 Å². The maximum absolute atomic E-state index is 11.8. The molecule has 0 aliphatic rings. The topological polar surface area (TPSA) is 84.2 Å². The smallest absolute Gasteiger partial charge is 0.339 e. The number of hydrogen-bond acceptors (Lipinski definition) is 5. The third-order valence-electron chi connectivity index (χ3n) is 2.70. The highest BCUT2D eigenvalue weighted by molar-refractivity contribution is 7.90. The molecule has 0 bridgehead atoms. The van der Waals surface area contributed by atoms with Crippen LogP contribution in [-0.4, -0.2) is 27.8 Å². The zero-order valence-corrected chi connectivity index (χ0v) is 12.0. The molecule has 0 fully saturated rings. The van der Waals surface area contributed by atoms with Crippen LogP contribution in [0.4, 0.5) is 0 Å². The van der Waals surface area contributed by atoms with Crippen LogP contribution in [0.1, 0.15) is 41.3 Å². The first-order valence-electron chi connectivity index (χ1n) is 5.58. The van der Waals surface area contributed by atoms with E-state index in [1.165, 1.54) is 19.2 Å². The molecule has 0 aliphatic carbocycles. The van der Waals surface area contributed by atoms with Crippen molar-refractivity contribution in [3.63, 3.8) is 0 Å². The molecule has 102 valence electrons. The lowest BCUT2D eigenvalue weighted by Gasteiger charge is -2.14. The minimum atomic E-state index is -3.48. The fourth-order valence-electron chi connectivity index (χ4n) is 1.74. The number of carbonyl (C=O) groups excluding carboxylic acids is 1. The van der Waals surface area contributed by atoms with Crippen molar-refractivity contribution in [3.05, 3.63) is 28.8 Å². The Morgan fingerprint density at radius 2 is 1.95 bits per heavy atom. The number of benzene rings is 1. The number of nitrogens with zero attached hydrogens (tertiary/aromatic N) is 1. The zero-order chi connectivity index (χ0) is 14.8. The summed E-state index contributed by atoms with van der Waals surface area (Å²) in [7, 11) is -2.30. The molecule has 0 saturated heterocycles. The summed E-state index contributed by atoms with van der Waals surface area (Å²) in [6.07, 6.45) is 1.07. The van der Waals surface area contributed by atoms with Gasteiger partial charge in [-0.1, -0.05) is 13.8 Å². The van der Waals surface area contributed by atoms with Gasteiger partial charge in [0.1, 0.15) is 6.07 Å². The highest BCUT2D eigenvalue weighted by Gasteiger charge is 2.22. The predicted molar refractivity (Wildman–Crippen MR) is 69.7 cm³/mol. The van der Waals surface area contributed by atoms with Crippen LogP contribution in [-0.2, 0) is 14.6 Å². The van der Waals surface area contributed by atoms with Crippen molar-refractivity contribution in [2.75, 3.05) is 13.4 Å². The van der Waals surface area contributed by atoms with Gasteiger partial charge in [0, 0.05) is 6.26 Å². The second-order valence-corrected chi connectivity index (χ2v) is 6.45. The van der Waals surface area contributed by atoms with Gasteiger partial charge < -0.3 is 4.74 Å². The van der Waals surface area contributed by atoms with E-state index in [9.17, 15) is 13.2 Å². The summed E-state index contributed by atoms with van der Waals surface area (Å²) >= 11 is 0. The van der Waals surface area contributed by atoms with E-state index in [0.717, 1.165) is 6.26 Å². The third-order valence-corrected chi connectivity index (χ3v) is 3.85. The molecule has 0 atom stereocenters. The van der Waals surface area contributed by atoms with E-state index >= 15 is 0 Å². The standard InChI is InChI=1S/C13H15NO4S/c1-8(2)10-5-9(7-14)11(13(15)18-3)6-12(10)19(4,16)17/h5-6,8H,1-4H3. The van der Waals surface area contributed by atoms with Crippen molar-refractivity contribution in [1.82, 2.24) is 0 Å². The Morgan fingerprint density at radius 3 is 2.32 bits per heavy atom. The molecule has 19 heavy (non-hydrogen) atoms. The number of methoxy groups -OCH3 is 1. The molecule has 0 aliphatic heterocycles. The number of sulfone groups is 1. The minimum absolute atomic E-state index is 0.0326. The fourth-order valence-corrected chi connectivity index (χ4v) is 2.79. The van der Waals surface area contributed by atoms with Crippen LogP contribution >= 0.6 is 0 Å². The van der Waals surface area contributed by atoms with Crippen LogP contribution < -0.4 is 0 Å². The summed E-state index contributed by atoms with van der Waals surface area (Å²) in [4.78, 5) is 11.6. The monoisotopic (exact) mass is 281 g/mol. The van der Waals surface area contributed by atoms with E-state index in [4.69, 9.17) is 5.26 Å². The van der Waals surface area contributed by atoms with Crippen molar-refractivity contribution in [2.24, 2.45) is 0 Å². The molecule has 0 N–H and O–H groups in total. The largest absolute Gasteiger partial charge is 0.465 e. The van der Waals surface area contributed by atoms with Crippen LogP contribution in [0.25, 0.3) is 0 Å². The Morgan fingerprint density at radius 1 is 1.37 bits per heavy atom. The van der Waals surface area contributed by atoms with Crippen molar-refractivity contribution in [2.45, 2.75) is 24.7 Å². The third kappa shape index (κ3) is 3.12. The molecule has 0 unspecified atom stereocenters. The van der Waals surface area contributed by atoms with Gasteiger partial charge in [0.15, 0.2) is 9.84 Å². The summed E-state index contributed by atoms with van der Waals surface area (Å²) in [5.74, 6) is -0.805. The molecular weight excluding hydrogens is 266 g/mol. The maximum Gasteiger partial charge on any atom is 0.339 e. The van der Waals surface area contributed by atoms with E-state index < -0.39 is 15.8 Å². The number of ether oxygens (including phenoxy) is 1. The van der Waals surface area contributed by atoms with Crippen LogP contribution in [0.3, 0.4) is 0 Å². The van der Waals surface area contributed by atoms with Gasteiger partial charge in [-0.15, -0.1) is 0 Å². The SMILES string of the molecule is COC(=O)c1cc(S(C)(=O)=O)c(C(C)C)cc1C#N. The summed E-state index contributed by atoms with van der Waals surface area (Å²) < 4.78 is 28.1. The Labute approximate surface area is 112 Å². The molecule has 5 nitrogen and oxygen atoms in total. The Bertz CT molecular complexity index is 654. The average Bonchev–Trinajstić information content (AvgIpc) is 2.34. The minimum Gasteiger partial charge on any atom is -0.465 e. The molecule has 6 heteroatoms. The van der Waals surface area contributed by atoms with Gasteiger partial charge >= 0.3 is 5.97 Å². The lowest BCUT2D eigenvalue weighted by atomic mass is 9.97. The summed E-state index contributed by atoms with van der Waals surface area (Å²) in [5, 5.41) is 9.06. The van der Waals surface area contributed by atoms with Crippen LogP contribution in [0.5, 0.6) is 0 Å². The zero-order valence-electron chi connectivity index (χ0n) is 11.2. The summed E-state index contributed by atoms with van der Waals surface area (Å²) in [6, 6.07) is 4.54. The lowest BCUT2D eigenvalue weighted by Crippen LogP contribution is -2.11. The van der Waals surface area contributed by atoms with Gasteiger partial charge in [0.2, 0.25) is 0 Å². The normalized spacial score (nSPS) is 11.2. The molecule has 0 saturated carbocycles. The van der Waals surface area contributed by atoms with Gasteiger partial charge in [0.05, 0.1) is 23.1 Å². The molecule has 0 amide bonds. The van der Waals surface area contributed by atoms with Crippen LogP contribution in [0, 0.1) is 11.3 Å². The molecule has 0 radical (unpaired) electrons. The van der Waals surface area contributed by atoms with Crippen LogP contribution in [0.2, 0.25) is 0 Å². The van der Waals surface area contributed by atoms with E-state index in [-0.39, 0.29) is 21.9 Å². The van der Waals surface area contributed by atoms with E-state index in [0.29, 0.717) is 5.56 Å². The first-order chi connectivity index (χ1) is 8.72. The van der Waals surface area contributed by atoms with Gasteiger partial charge in [-0.25, -0.2) is 13.2 Å². The Kier molecular flexibility index (Phi) is 4.32. The fraction of sp³-hybridized carbons (Fsp3) is 0.385. The van der Waals surface area contributed by atoms with Crippen molar-refractivity contribution >= 4 is 15.8 Å². The highest BCUT2D eigenvalue weighted by atomic mass is 32.2.